The molecule has 1 aromatic carbocycles. The maximum atomic E-state index is 4.35. The molecule has 0 radical (unpaired) electrons. The van der Waals surface area contributed by atoms with Gasteiger partial charge in [-0.2, -0.15) is 0 Å². The molecule has 2 aromatic heterocycles. The normalized spacial score (nSPS) is 10.4. The van der Waals surface area contributed by atoms with Crippen LogP contribution in [0.3, 0.4) is 0 Å². The van der Waals surface area contributed by atoms with E-state index in [0.717, 1.165) is 27.1 Å². The molecule has 2 N–H and O–H groups in total. The van der Waals surface area contributed by atoms with Crippen LogP contribution in [0.4, 0.5) is 11.8 Å². The predicted octanol–water partition coefficient (Wildman–Crippen LogP) is 3.39. The van der Waals surface area contributed by atoms with E-state index in [1.54, 1.807) is 18.5 Å². The van der Waals surface area contributed by atoms with Gasteiger partial charge in [0, 0.05) is 41.0 Å². The molecule has 0 amide bonds. The Bertz CT molecular complexity index is 767. The lowest BCUT2D eigenvalue weighted by Crippen LogP contribution is -2.16. The number of halogens is 1. The number of rotatable bonds is 7. The van der Waals surface area contributed by atoms with E-state index in [0.29, 0.717) is 19.0 Å². The summed E-state index contributed by atoms with van der Waals surface area (Å²) in [5.74, 6) is 1.44. The minimum Gasteiger partial charge on any atom is -0.367 e. The minimum atomic E-state index is 0.624. The number of nitrogens with zero attached hydrogens (tertiary/aromatic N) is 4. The Morgan fingerprint density at radius 1 is 0.875 bits per heavy atom. The van der Waals surface area contributed by atoms with E-state index < -0.39 is 0 Å². The maximum absolute atomic E-state index is 4.35. The molecule has 0 fully saturated rings. The van der Waals surface area contributed by atoms with Crippen molar-refractivity contribution in [1.82, 2.24) is 20.2 Å². The molecule has 0 bridgehead atoms. The van der Waals surface area contributed by atoms with Gasteiger partial charge in [-0.15, -0.1) is 10.2 Å². The predicted molar refractivity (Wildman–Crippen MR) is 104 cm³/mol. The van der Waals surface area contributed by atoms with E-state index in [1.807, 2.05) is 30.3 Å². The Morgan fingerprint density at radius 2 is 1.62 bits per heavy atom. The van der Waals surface area contributed by atoms with Crippen LogP contribution in [0.15, 0.2) is 54.9 Å². The lowest BCUT2D eigenvalue weighted by Gasteiger charge is -2.11. The molecule has 3 rings (SSSR count). The monoisotopic (exact) mass is 432 g/mol. The first kappa shape index (κ1) is 16.6. The van der Waals surface area contributed by atoms with Gasteiger partial charge in [-0.1, -0.05) is 52.9 Å². The van der Waals surface area contributed by atoms with Crippen molar-refractivity contribution in [2.45, 2.75) is 4.43 Å². The van der Waals surface area contributed by atoms with Crippen LogP contribution >= 0.6 is 22.6 Å². The average Bonchev–Trinajstić information content (AvgIpc) is 2.67. The van der Waals surface area contributed by atoms with Crippen LogP contribution in [0.5, 0.6) is 0 Å². The maximum Gasteiger partial charge on any atom is 0.222 e. The summed E-state index contributed by atoms with van der Waals surface area (Å²) in [4.78, 5) is 8.25. The fourth-order valence-corrected chi connectivity index (χ4v) is 2.76. The molecule has 0 aliphatic carbocycles. The highest BCUT2D eigenvalue weighted by Gasteiger charge is 2.07. The van der Waals surface area contributed by atoms with Crippen molar-refractivity contribution in [3.63, 3.8) is 0 Å². The van der Waals surface area contributed by atoms with Crippen molar-refractivity contribution in [3.8, 4) is 11.3 Å². The molecular formula is C17H17IN6. The molecule has 0 saturated carbocycles. The molecule has 0 spiro atoms. The highest BCUT2D eigenvalue weighted by atomic mass is 127. The summed E-state index contributed by atoms with van der Waals surface area (Å²) in [5, 5.41) is 15.2. The summed E-state index contributed by atoms with van der Waals surface area (Å²) in [6.45, 7) is 1.41. The molecule has 122 valence electrons. The van der Waals surface area contributed by atoms with Gasteiger partial charge in [-0.05, 0) is 12.1 Å². The van der Waals surface area contributed by atoms with Crippen LogP contribution in [0.25, 0.3) is 11.3 Å². The van der Waals surface area contributed by atoms with E-state index in [1.165, 1.54) is 0 Å². The lowest BCUT2D eigenvalue weighted by atomic mass is 10.1. The lowest BCUT2D eigenvalue weighted by molar-refractivity contribution is 0.971. The quantitative estimate of drug-likeness (QED) is 0.339. The topological polar surface area (TPSA) is 75.6 Å². The second-order valence-corrected chi connectivity index (χ2v) is 5.79. The number of benzene rings is 1. The van der Waals surface area contributed by atoms with Gasteiger partial charge in [-0.25, -0.2) is 9.97 Å². The van der Waals surface area contributed by atoms with Gasteiger partial charge in [0.25, 0.3) is 0 Å². The molecule has 0 aliphatic heterocycles. The van der Waals surface area contributed by atoms with Crippen LogP contribution in [0.2, 0.25) is 0 Å². The average molecular weight is 432 g/mol. The zero-order valence-electron chi connectivity index (χ0n) is 13.0. The first-order valence-electron chi connectivity index (χ1n) is 7.59. The van der Waals surface area contributed by atoms with Crippen molar-refractivity contribution in [1.29, 1.82) is 0 Å². The molecule has 0 saturated heterocycles. The molecule has 7 heteroatoms. The number of nitrogens with one attached hydrogen (secondary N) is 2. The van der Waals surface area contributed by atoms with Crippen LogP contribution in [-0.2, 0) is 4.43 Å². The van der Waals surface area contributed by atoms with E-state index in [2.05, 4.69) is 59.5 Å². The van der Waals surface area contributed by atoms with Crippen molar-refractivity contribution in [2.24, 2.45) is 0 Å². The summed E-state index contributed by atoms with van der Waals surface area (Å²) >= 11 is 2.34. The Labute approximate surface area is 154 Å². The van der Waals surface area contributed by atoms with Crippen LogP contribution < -0.4 is 10.6 Å². The van der Waals surface area contributed by atoms with Crippen LogP contribution in [0, 0.1) is 0 Å². The highest BCUT2D eigenvalue weighted by Crippen LogP contribution is 2.22. The van der Waals surface area contributed by atoms with Gasteiger partial charge in [-0.3, -0.25) is 0 Å². The highest BCUT2D eigenvalue weighted by molar-refractivity contribution is 14.1. The first-order valence-corrected chi connectivity index (χ1v) is 9.12. The molecule has 6 nitrogen and oxygen atoms in total. The molecule has 24 heavy (non-hydrogen) atoms. The number of hydrogen-bond donors (Lipinski definition) is 2. The summed E-state index contributed by atoms with van der Waals surface area (Å²) in [5.41, 5.74) is 3.11. The molecule has 3 aromatic rings. The minimum absolute atomic E-state index is 0.624. The largest absolute Gasteiger partial charge is 0.367 e. The van der Waals surface area contributed by atoms with Crippen LogP contribution in [-0.4, -0.2) is 33.3 Å². The molecule has 2 heterocycles. The standard InChI is InChI=1S/C17H17IN6/c18-12-14-11-15(13-5-2-1-3-6-13)23-24-16(14)19-9-10-22-17-20-7-4-8-21-17/h1-8,11H,9-10,12H2,(H,19,24)(H,20,21,22). The first-order chi connectivity index (χ1) is 11.9. The smallest absolute Gasteiger partial charge is 0.222 e. The van der Waals surface area contributed by atoms with Crippen molar-refractivity contribution in [3.05, 3.63) is 60.4 Å². The zero-order valence-corrected chi connectivity index (χ0v) is 15.1. The summed E-state index contributed by atoms with van der Waals surface area (Å²) in [6, 6.07) is 14.0. The van der Waals surface area contributed by atoms with Gasteiger partial charge < -0.3 is 10.6 Å². The Kier molecular flexibility index (Phi) is 5.89. The second kappa shape index (κ2) is 8.53. The molecular weight excluding hydrogens is 415 g/mol. The molecule has 0 aliphatic rings. The Morgan fingerprint density at radius 3 is 2.38 bits per heavy atom. The third-order valence-corrected chi connectivity index (χ3v) is 4.17. The number of alkyl halides is 1. The fraction of sp³-hybridized carbons (Fsp3) is 0.176. The van der Waals surface area contributed by atoms with Gasteiger partial charge in [0.15, 0.2) is 5.82 Å². The van der Waals surface area contributed by atoms with Gasteiger partial charge in [0.2, 0.25) is 5.95 Å². The third kappa shape index (κ3) is 4.38. The zero-order chi connectivity index (χ0) is 16.6. The SMILES string of the molecule is ICc1cc(-c2ccccc2)nnc1NCCNc1ncccn1. The number of aromatic nitrogens is 4. The van der Waals surface area contributed by atoms with E-state index in [9.17, 15) is 0 Å². The molecule has 0 unspecified atom stereocenters. The van der Waals surface area contributed by atoms with Gasteiger partial charge in [0.1, 0.15) is 0 Å². The molecule has 0 atom stereocenters. The summed E-state index contributed by atoms with van der Waals surface area (Å²) in [6.07, 6.45) is 3.43. The summed E-state index contributed by atoms with van der Waals surface area (Å²) in [7, 11) is 0. The summed E-state index contributed by atoms with van der Waals surface area (Å²) < 4.78 is 0.866. The van der Waals surface area contributed by atoms with Crippen molar-refractivity contribution in [2.75, 3.05) is 23.7 Å². The second-order valence-electron chi connectivity index (χ2n) is 5.03. The van der Waals surface area contributed by atoms with Crippen molar-refractivity contribution >= 4 is 34.4 Å². The van der Waals surface area contributed by atoms with E-state index >= 15 is 0 Å². The number of anilines is 2. The van der Waals surface area contributed by atoms with Crippen molar-refractivity contribution < 1.29 is 0 Å². The van der Waals surface area contributed by atoms with E-state index in [4.69, 9.17) is 0 Å². The van der Waals surface area contributed by atoms with Gasteiger partial charge in [0.05, 0.1) is 5.69 Å². The third-order valence-electron chi connectivity index (χ3n) is 3.35. The van der Waals surface area contributed by atoms with Crippen LogP contribution in [0.1, 0.15) is 5.56 Å². The van der Waals surface area contributed by atoms with E-state index in [-0.39, 0.29) is 0 Å². The number of hydrogen-bond acceptors (Lipinski definition) is 6. The Hall–Kier alpha value is -2.29. The fourth-order valence-electron chi connectivity index (χ4n) is 2.18. The van der Waals surface area contributed by atoms with Gasteiger partial charge >= 0.3 is 0 Å². The Balaban J connectivity index is 1.61.